The first-order valence-corrected chi connectivity index (χ1v) is 10.9. The summed E-state index contributed by atoms with van der Waals surface area (Å²) >= 11 is 0. The van der Waals surface area contributed by atoms with Crippen LogP contribution in [0.4, 0.5) is 0 Å². The third-order valence-corrected chi connectivity index (χ3v) is 8.29. The predicted molar refractivity (Wildman–Crippen MR) is 101 cm³/mol. The summed E-state index contributed by atoms with van der Waals surface area (Å²) in [6, 6.07) is 0. The Hall–Kier alpha value is 0. The summed E-state index contributed by atoms with van der Waals surface area (Å²) in [6.45, 7) is 9.82. The van der Waals surface area contributed by atoms with Gasteiger partial charge in [-0.25, -0.2) is 0 Å². The van der Waals surface area contributed by atoms with Gasteiger partial charge < -0.3 is 0 Å². The van der Waals surface area contributed by atoms with Crippen LogP contribution in [-0.4, -0.2) is 0 Å². The van der Waals surface area contributed by atoms with Gasteiger partial charge in [0.1, 0.15) is 0 Å². The van der Waals surface area contributed by atoms with Crippen molar-refractivity contribution in [1.82, 2.24) is 0 Å². The molecule has 0 nitrogen and oxygen atoms in total. The van der Waals surface area contributed by atoms with Crippen LogP contribution in [0.5, 0.6) is 0 Å². The van der Waals surface area contributed by atoms with Crippen LogP contribution in [0.2, 0.25) is 0 Å². The zero-order valence-electron chi connectivity index (χ0n) is 16.4. The van der Waals surface area contributed by atoms with Gasteiger partial charge in [-0.1, -0.05) is 27.7 Å². The Balaban J connectivity index is 1.41. The molecule has 3 rings (SSSR count). The third-order valence-electron chi connectivity index (χ3n) is 8.29. The zero-order valence-corrected chi connectivity index (χ0v) is 16.4. The average molecular weight is 319 g/mol. The van der Waals surface area contributed by atoms with E-state index in [9.17, 15) is 0 Å². The SMILES string of the molecule is CC(C)C1CCC(C2CCC(C3CCC(C)(C)CC3)CC2)CC1. The van der Waals surface area contributed by atoms with E-state index in [0.717, 1.165) is 35.5 Å². The summed E-state index contributed by atoms with van der Waals surface area (Å²) in [7, 11) is 0. The first kappa shape index (κ1) is 17.8. The van der Waals surface area contributed by atoms with Crippen LogP contribution in [0.15, 0.2) is 0 Å². The molecule has 0 saturated heterocycles. The molecule has 3 aliphatic rings. The van der Waals surface area contributed by atoms with Crippen molar-refractivity contribution in [2.24, 2.45) is 40.9 Å². The first-order chi connectivity index (χ1) is 10.9. The lowest BCUT2D eigenvalue weighted by Gasteiger charge is -2.43. The minimum Gasteiger partial charge on any atom is -0.0625 e. The van der Waals surface area contributed by atoms with Crippen molar-refractivity contribution in [3.05, 3.63) is 0 Å². The minimum absolute atomic E-state index is 0.642. The topological polar surface area (TPSA) is 0 Å². The molecule has 0 spiro atoms. The van der Waals surface area contributed by atoms with Crippen molar-refractivity contribution in [1.29, 1.82) is 0 Å². The third kappa shape index (κ3) is 4.55. The molecule has 0 aromatic rings. The average Bonchev–Trinajstić information content (AvgIpc) is 2.55. The second-order valence-electron chi connectivity index (χ2n) is 10.6. The maximum Gasteiger partial charge on any atom is -0.0354 e. The molecule has 134 valence electrons. The molecule has 3 aliphatic carbocycles. The second kappa shape index (κ2) is 7.49. The summed E-state index contributed by atoms with van der Waals surface area (Å²) in [4.78, 5) is 0. The van der Waals surface area contributed by atoms with Crippen molar-refractivity contribution in [3.8, 4) is 0 Å². The van der Waals surface area contributed by atoms with E-state index in [1.54, 1.807) is 38.5 Å². The van der Waals surface area contributed by atoms with Crippen LogP contribution < -0.4 is 0 Å². The summed E-state index contributed by atoms with van der Waals surface area (Å²) in [5.41, 5.74) is 0.642. The molecule has 0 atom stereocenters. The maximum absolute atomic E-state index is 2.48. The molecule has 0 N–H and O–H groups in total. The molecule has 0 radical (unpaired) electrons. The molecule has 0 heteroatoms. The fraction of sp³-hybridized carbons (Fsp3) is 1.00. The lowest BCUT2D eigenvalue weighted by atomic mass is 9.63. The summed E-state index contributed by atoms with van der Waals surface area (Å²) in [5, 5.41) is 0. The normalized spacial score (nSPS) is 39.5. The highest BCUT2D eigenvalue weighted by atomic mass is 14.4. The van der Waals surface area contributed by atoms with Crippen molar-refractivity contribution in [2.45, 2.75) is 105 Å². The summed E-state index contributed by atoms with van der Waals surface area (Å²) in [6.07, 6.45) is 18.5. The van der Waals surface area contributed by atoms with Gasteiger partial charge in [-0.15, -0.1) is 0 Å². The Morgan fingerprint density at radius 1 is 0.565 bits per heavy atom. The van der Waals surface area contributed by atoms with Crippen LogP contribution >= 0.6 is 0 Å². The first-order valence-electron chi connectivity index (χ1n) is 10.9. The van der Waals surface area contributed by atoms with E-state index < -0.39 is 0 Å². The van der Waals surface area contributed by atoms with E-state index in [2.05, 4.69) is 27.7 Å². The molecule has 0 aromatic carbocycles. The smallest absolute Gasteiger partial charge is 0.0354 e. The molecular formula is C23H42. The van der Waals surface area contributed by atoms with Gasteiger partial charge in [0.25, 0.3) is 0 Å². The molecule has 0 heterocycles. The number of hydrogen-bond acceptors (Lipinski definition) is 0. The van der Waals surface area contributed by atoms with Gasteiger partial charge in [0, 0.05) is 0 Å². The van der Waals surface area contributed by atoms with Crippen molar-refractivity contribution in [2.75, 3.05) is 0 Å². The van der Waals surface area contributed by atoms with Gasteiger partial charge in [0.15, 0.2) is 0 Å². The number of hydrogen-bond donors (Lipinski definition) is 0. The van der Waals surface area contributed by atoms with E-state index in [4.69, 9.17) is 0 Å². The Labute approximate surface area is 146 Å². The molecule has 0 aromatic heterocycles. The molecule has 3 saturated carbocycles. The van der Waals surface area contributed by atoms with Crippen molar-refractivity contribution < 1.29 is 0 Å². The fourth-order valence-corrected chi connectivity index (χ4v) is 6.26. The Bertz CT molecular complexity index is 340. The molecule has 0 amide bonds. The van der Waals surface area contributed by atoms with Gasteiger partial charge >= 0.3 is 0 Å². The molecular weight excluding hydrogens is 276 g/mol. The lowest BCUT2D eigenvalue weighted by Crippen LogP contribution is -2.31. The van der Waals surface area contributed by atoms with Crippen LogP contribution in [0, 0.1) is 40.9 Å². The van der Waals surface area contributed by atoms with Gasteiger partial charge in [-0.05, 0) is 118 Å². The van der Waals surface area contributed by atoms with Gasteiger partial charge in [0.05, 0.1) is 0 Å². The van der Waals surface area contributed by atoms with Gasteiger partial charge in [-0.2, -0.15) is 0 Å². The molecule has 0 bridgehead atoms. The van der Waals surface area contributed by atoms with E-state index in [1.165, 1.54) is 38.5 Å². The van der Waals surface area contributed by atoms with Crippen molar-refractivity contribution >= 4 is 0 Å². The summed E-state index contributed by atoms with van der Waals surface area (Å²) < 4.78 is 0. The van der Waals surface area contributed by atoms with Crippen LogP contribution in [0.1, 0.15) is 105 Å². The lowest BCUT2D eigenvalue weighted by molar-refractivity contribution is 0.0854. The Kier molecular flexibility index (Phi) is 5.80. The van der Waals surface area contributed by atoms with E-state index >= 15 is 0 Å². The quantitative estimate of drug-likeness (QED) is 0.506. The molecule has 0 aliphatic heterocycles. The van der Waals surface area contributed by atoms with E-state index in [0.29, 0.717) is 5.41 Å². The zero-order chi connectivity index (χ0) is 16.4. The maximum atomic E-state index is 2.48. The highest BCUT2D eigenvalue weighted by Crippen LogP contribution is 2.48. The standard InChI is InChI=1S/C23H42/c1-17(2)18-5-7-19(8-6-18)20-9-11-21(12-10-20)22-13-15-23(3,4)16-14-22/h17-22H,5-16H2,1-4H3. The van der Waals surface area contributed by atoms with E-state index in [1.807, 2.05) is 0 Å². The Morgan fingerprint density at radius 3 is 1.30 bits per heavy atom. The van der Waals surface area contributed by atoms with Crippen LogP contribution in [0.3, 0.4) is 0 Å². The highest BCUT2D eigenvalue weighted by molar-refractivity contribution is 4.87. The molecule has 23 heavy (non-hydrogen) atoms. The second-order valence-corrected chi connectivity index (χ2v) is 10.6. The highest BCUT2D eigenvalue weighted by Gasteiger charge is 2.36. The molecule has 3 fully saturated rings. The van der Waals surface area contributed by atoms with Gasteiger partial charge in [-0.3, -0.25) is 0 Å². The monoisotopic (exact) mass is 318 g/mol. The fourth-order valence-electron chi connectivity index (χ4n) is 6.26. The largest absolute Gasteiger partial charge is 0.0625 e. The van der Waals surface area contributed by atoms with Crippen LogP contribution in [-0.2, 0) is 0 Å². The number of rotatable bonds is 3. The summed E-state index contributed by atoms with van der Waals surface area (Å²) in [5.74, 6) is 6.32. The van der Waals surface area contributed by atoms with Crippen LogP contribution in [0.25, 0.3) is 0 Å². The van der Waals surface area contributed by atoms with E-state index in [-0.39, 0.29) is 0 Å². The minimum atomic E-state index is 0.642. The van der Waals surface area contributed by atoms with Gasteiger partial charge in [0.2, 0.25) is 0 Å². The molecule has 0 unspecified atom stereocenters. The van der Waals surface area contributed by atoms with Crippen molar-refractivity contribution in [3.63, 3.8) is 0 Å². The predicted octanol–water partition coefficient (Wildman–Crippen LogP) is 7.47. The Morgan fingerprint density at radius 2 is 0.913 bits per heavy atom.